The average molecular weight is 788 g/mol. The van der Waals surface area contributed by atoms with Gasteiger partial charge in [0.1, 0.15) is 11.4 Å². The first-order valence-electron chi connectivity index (χ1n) is 14.6. The number of rotatable bonds is 8. The maximum absolute atomic E-state index is 12.1. The van der Waals surface area contributed by atoms with Gasteiger partial charge in [-0.2, -0.15) is 15.3 Å². The Morgan fingerprint density at radius 2 is 0.942 bits per heavy atom. The quantitative estimate of drug-likeness (QED) is 0.143. The van der Waals surface area contributed by atoms with Crippen LogP contribution in [0.1, 0.15) is 0 Å². The minimum atomic E-state index is -3.72. The summed E-state index contributed by atoms with van der Waals surface area (Å²) >= 11 is 0. The molecule has 15 nitrogen and oxygen atoms in total. The predicted octanol–water partition coefficient (Wildman–Crippen LogP) is 5.41. The van der Waals surface area contributed by atoms with Gasteiger partial charge in [-0.1, -0.05) is 96.1 Å². The Balaban J connectivity index is 0.000000270. The van der Waals surface area contributed by atoms with Gasteiger partial charge in [0.05, 0.1) is 26.9 Å². The van der Waals surface area contributed by atoms with Crippen LogP contribution >= 0.6 is 0 Å². The van der Waals surface area contributed by atoms with Gasteiger partial charge in [-0.25, -0.2) is 26.3 Å². The number of nitrogens with one attached hydrogen (secondary N) is 2. The molecular weight excluding hydrogens is 757 g/mol. The van der Waals surface area contributed by atoms with E-state index in [4.69, 9.17) is 0 Å². The molecular formula is C34H30CoN7O8S2. The summed E-state index contributed by atoms with van der Waals surface area (Å²) < 4.78 is 51.7. The van der Waals surface area contributed by atoms with Crippen molar-refractivity contribution < 1.29 is 54.0 Å². The van der Waals surface area contributed by atoms with E-state index in [1.807, 2.05) is 24.3 Å². The Morgan fingerprint density at radius 1 is 0.538 bits per heavy atom. The van der Waals surface area contributed by atoms with Gasteiger partial charge in [0.15, 0.2) is 0 Å². The van der Waals surface area contributed by atoms with Gasteiger partial charge in [0.2, 0.25) is 20.0 Å². The van der Waals surface area contributed by atoms with Crippen molar-refractivity contribution in [2.24, 2.45) is 20.5 Å². The molecule has 0 aliphatic carbocycles. The molecule has 0 amide bonds. The molecule has 0 unspecified atom stereocenters. The van der Waals surface area contributed by atoms with E-state index >= 15 is 0 Å². The zero-order valence-electron chi connectivity index (χ0n) is 27.3. The largest absolute Gasteiger partial charge is 3.00 e. The molecule has 0 atom stereocenters. The molecule has 6 rings (SSSR count). The van der Waals surface area contributed by atoms with E-state index in [1.54, 1.807) is 36.4 Å². The SMILES string of the molecule is CNS(=O)(=O)c1ccc([O-])c(N=Nc2c(O)ccc3ccccc23)c1.CNS(=O)(=O)c1ccc([O-])c(N=Nc2c([O-])ccc3ccccc23)c1.N.[Co+3]. The third-order valence-electron chi connectivity index (χ3n) is 7.28. The van der Waals surface area contributed by atoms with Gasteiger partial charge >= 0.3 is 16.8 Å². The molecule has 0 aliphatic rings. The van der Waals surface area contributed by atoms with E-state index < -0.39 is 31.5 Å². The fourth-order valence-corrected chi connectivity index (χ4v) is 6.11. The third kappa shape index (κ3) is 9.05. The third-order valence-corrected chi connectivity index (χ3v) is 10.1. The molecule has 6 N–H and O–H groups in total. The van der Waals surface area contributed by atoms with Crippen molar-refractivity contribution in [2.45, 2.75) is 9.79 Å². The van der Waals surface area contributed by atoms with Crippen molar-refractivity contribution in [3.05, 3.63) is 109 Å². The topological polar surface area (TPSA) is 266 Å². The van der Waals surface area contributed by atoms with Crippen LogP contribution in [0.25, 0.3) is 21.5 Å². The zero-order chi connectivity index (χ0) is 36.1. The van der Waals surface area contributed by atoms with Crippen LogP contribution in [-0.2, 0) is 36.8 Å². The molecule has 0 spiro atoms. The van der Waals surface area contributed by atoms with Crippen LogP contribution in [-0.4, -0.2) is 36.0 Å². The van der Waals surface area contributed by atoms with Gasteiger partial charge in [0, 0.05) is 10.8 Å². The standard InChI is InChI=1S/2C17H15N3O4S.Co.H3N/c2*1-18-25(23,24)12-7-9-15(21)14(10-12)19-20-17-13-5-3-2-4-11(13)6-8-16(17)22;;/h2*2-10,18,21-22H,1H3;;1H3/q;;+3;/p-3. The Hall–Kier alpha value is -5.47. The number of fused-ring (bicyclic) bond motifs is 2. The van der Waals surface area contributed by atoms with Crippen LogP contribution in [0.5, 0.6) is 23.0 Å². The summed E-state index contributed by atoms with van der Waals surface area (Å²) in [6.07, 6.45) is 0. The first kappa shape index (κ1) is 41.0. The van der Waals surface area contributed by atoms with Crippen molar-refractivity contribution in [1.82, 2.24) is 15.6 Å². The van der Waals surface area contributed by atoms with Crippen LogP contribution in [0.15, 0.2) is 139 Å². The number of azo groups is 2. The van der Waals surface area contributed by atoms with Gasteiger partial charge in [0.25, 0.3) is 0 Å². The number of aromatic hydroxyl groups is 1. The fourth-order valence-electron chi connectivity index (χ4n) is 4.62. The first-order chi connectivity index (χ1) is 23.8. The van der Waals surface area contributed by atoms with E-state index in [2.05, 4.69) is 29.9 Å². The maximum Gasteiger partial charge on any atom is 3.00 e. The molecule has 0 saturated heterocycles. The molecule has 0 heterocycles. The van der Waals surface area contributed by atoms with E-state index in [0.29, 0.717) is 10.8 Å². The molecule has 6 aromatic rings. The van der Waals surface area contributed by atoms with Crippen LogP contribution in [0.3, 0.4) is 0 Å². The maximum atomic E-state index is 12.1. The monoisotopic (exact) mass is 787 g/mol. The van der Waals surface area contributed by atoms with Crippen molar-refractivity contribution >= 4 is 64.3 Å². The van der Waals surface area contributed by atoms with Gasteiger partial charge in [-0.3, -0.25) is 0 Å². The summed E-state index contributed by atoms with van der Waals surface area (Å²) in [5.74, 6) is -1.40. The van der Waals surface area contributed by atoms with Crippen molar-refractivity contribution in [3.8, 4) is 23.0 Å². The molecule has 0 saturated carbocycles. The van der Waals surface area contributed by atoms with Crippen molar-refractivity contribution in [1.29, 1.82) is 0 Å². The van der Waals surface area contributed by atoms with Crippen LogP contribution in [0, 0.1) is 0 Å². The molecule has 18 heteroatoms. The minimum Gasteiger partial charge on any atom is -0.871 e. The van der Waals surface area contributed by atoms with Crippen LogP contribution in [0.4, 0.5) is 22.7 Å². The molecule has 0 aliphatic heterocycles. The van der Waals surface area contributed by atoms with E-state index in [9.17, 15) is 37.3 Å². The minimum absolute atomic E-state index is 0. The van der Waals surface area contributed by atoms with Crippen molar-refractivity contribution in [2.75, 3.05) is 14.1 Å². The number of benzene rings is 6. The van der Waals surface area contributed by atoms with Gasteiger partial charge < -0.3 is 26.6 Å². The number of hydrogen-bond acceptors (Lipinski definition) is 13. The predicted molar refractivity (Wildman–Crippen MR) is 187 cm³/mol. The second-order valence-corrected chi connectivity index (χ2v) is 14.1. The fraction of sp³-hybridized carbons (Fsp3) is 0.0588. The summed E-state index contributed by atoms with van der Waals surface area (Å²) in [6, 6.07) is 27.5. The molecule has 0 bridgehead atoms. The summed E-state index contributed by atoms with van der Waals surface area (Å²) in [6.45, 7) is 0. The number of phenols is 1. The number of nitrogens with zero attached hydrogens (tertiary/aromatic N) is 4. The molecule has 0 radical (unpaired) electrons. The summed E-state index contributed by atoms with van der Waals surface area (Å²) in [4.78, 5) is -0.200. The summed E-state index contributed by atoms with van der Waals surface area (Å²) in [5, 5.41) is 64.4. The smallest absolute Gasteiger partial charge is 0.871 e. The Labute approximate surface area is 309 Å². The molecule has 0 fully saturated rings. The van der Waals surface area contributed by atoms with Crippen LogP contribution in [0.2, 0.25) is 0 Å². The van der Waals surface area contributed by atoms with Crippen molar-refractivity contribution in [3.63, 3.8) is 0 Å². The Kier molecular flexibility index (Phi) is 13.5. The Morgan fingerprint density at radius 3 is 1.42 bits per heavy atom. The molecule has 0 aromatic heterocycles. The number of phenolic OH excluding ortho intramolecular Hbond substituents is 1. The summed E-state index contributed by atoms with van der Waals surface area (Å²) in [5.41, 5.74) is 0.00562. The van der Waals surface area contributed by atoms with E-state index in [0.717, 1.165) is 35.0 Å². The van der Waals surface area contributed by atoms with Crippen LogP contribution < -0.4 is 30.9 Å². The molecule has 6 aromatic carbocycles. The number of hydrogen-bond donors (Lipinski definition) is 4. The second-order valence-electron chi connectivity index (χ2n) is 10.4. The van der Waals surface area contributed by atoms with Gasteiger partial charge in [-0.15, -0.1) is 5.11 Å². The number of sulfonamides is 2. The molecule has 270 valence electrons. The van der Waals surface area contributed by atoms with E-state index in [1.165, 1.54) is 38.4 Å². The van der Waals surface area contributed by atoms with E-state index in [-0.39, 0.29) is 67.0 Å². The second kappa shape index (κ2) is 17.2. The Bertz CT molecular complexity index is 2340. The zero-order valence-corrected chi connectivity index (χ0v) is 30.0. The first-order valence-corrected chi connectivity index (χ1v) is 17.5. The molecule has 52 heavy (non-hydrogen) atoms. The normalized spacial score (nSPS) is 11.6. The summed E-state index contributed by atoms with van der Waals surface area (Å²) in [7, 11) is -4.88. The average Bonchev–Trinajstić information content (AvgIpc) is 3.12. The van der Waals surface area contributed by atoms with Gasteiger partial charge in [-0.05, 0) is 55.2 Å².